The molecule has 1 rings (SSSR count). The largest absolute Gasteiger partial charge is 0.573 e. The summed E-state index contributed by atoms with van der Waals surface area (Å²) in [6.45, 7) is 3.88. The van der Waals surface area contributed by atoms with Crippen LogP contribution in [0.2, 0.25) is 0 Å². The number of Topliss-reactive ketones (excluding diaryl/α,β-unsaturated/α-hetero) is 1. The Labute approximate surface area is 104 Å². The van der Waals surface area contributed by atoms with Gasteiger partial charge in [-0.25, -0.2) is 0 Å². The number of ether oxygens (including phenoxy) is 1. The van der Waals surface area contributed by atoms with E-state index in [0.717, 1.165) is 12.5 Å². The van der Waals surface area contributed by atoms with Gasteiger partial charge in [-0.15, -0.1) is 13.2 Å². The molecule has 0 aliphatic heterocycles. The van der Waals surface area contributed by atoms with Crippen molar-refractivity contribution < 1.29 is 22.7 Å². The van der Waals surface area contributed by atoms with Crippen LogP contribution in [0.15, 0.2) is 24.3 Å². The summed E-state index contributed by atoms with van der Waals surface area (Å²) >= 11 is 0. The van der Waals surface area contributed by atoms with E-state index in [1.165, 1.54) is 18.2 Å². The van der Waals surface area contributed by atoms with Crippen LogP contribution in [0.25, 0.3) is 0 Å². The van der Waals surface area contributed by atoms with Crippen LogP contribution < -0.4 is 4.74 Å². The van der Waals surface area contributed by atoms with Crippen LogP contribution in [0.5, 0.6) is 5.75 Å². The fourth-order valence-corrected chi connectivity index (χ4v) is 1.45. The third kappa shape index (κ3) is 4.77. The van der Waals surface area contributed by atoms with Crippen molar-refractivity contribution in [2.24, 2.45) is 5.92 Å². The SMILES string of the molecule is CCC(C)CC(=O)c1cccc(OC(F)(F)F)c1. The van der Waals surface area contributed by atoms with Crippen LogP contribution in [-0.4, -0.2) is 12.1 Å². The molecule has 0 radical (unpaired) electrons. The van der Waals surface area contributed by atoms with E-state index < -0.39 is 6.36 Å². The fourth-order valence-electron chi connectivity index (χ4n) is 1.45. The van der Waals surface area contributed by atoms with Gasteiger partial charge in [-0.2, -0.15) is 0 Å². The Hall–Kier alpha value is -1.52. The lowest BCUT2D eigenvalue weighted by Gasteiger charge is -2.11. The minimum atomic E-state index is -4.74. The Morgan fingerprint density at radius 1 is 1.39 bits per heavy atom. The average Bonchev–Trinajstić information content (AvgIpc) is 2.26. The number of halogens is 3. The molecule has 0 aromatic heterocycles. The van der Waals surface area contributed by atoms with Gasteiger partial charge in [0.1, 0.15) is 5.75 Å². The van der Waals surface area contributed by atoms with Crippen LogP contribution in [0, 0.1) is 5.92 Å². The molecule has 1 aromatic carbocycles. The van der Waals surface area contributed by atoms with E-state index in [-0.39, 0.29) is 23.0 Å². The molecule has 2 nitrogen and oxygen atoms in total. The van der Waals surface area contributed by atoms with Gasteiger partial charge in [0.05, 0.1) is 0 Å². The zero-order valence-corrected chi connectivity index (χ0v) is 10.3. The lowest BCUT2D eigenvalue weighted by Crippen LogP contribution is -2.17. The second-order valence-corrected chi connectivity index (χ2v) is 4.22. The highest BCUT2D eigenvalue weighted by Crippen LogP contribution is 2.24. The molecule has 0 saturated carbocycles. The summed E-state index contributed by atoms with van der Waals surface area (Å²) in [5.41, 5.74) is 0.247. The first-order valence-corrected chi connectivity index (χ1v) is 5.71. The van der Waals surface area contributed by atoms with Gasteiger partial charge in [-0.1, -0.05) is 32.4 Å². The molecule has 0 aliphatic carbocycles. The van der Waals surface area contributed by atoms with Crippen molar-refractivity contribution >= 4 is 5.78 Å². The third-order valence-corrected chi connectivity index (χ3v) is 2.62. The highest BCUT2D eigenvalue weighted by atomic mass is 19.4. The van der Waals surface area contributed by atoms with Crippen molar-refractivity contribution in [3.63, 3.8) is 0 Å². The van der Waals surface area contributed by atoms with Crippen LogP contribution >= 0.6 is 0 Å². The maximum Gasteiger partial charge on any atom is 0.573 e. The second-order valence-electron chi connectivity index (χ2n) is 4.22. The van der Waals surface area contributed by atoms with Crippen molar-refractivity contribution in [3.8, 4) is 5.75 Å². The van der Waals surface area contributed by atoms with Gasteiger partial charge in [0.25, 0.3) is 0 Å². The number of benzene rings is 1. The Morgan fingerprint density at radius 2 is 2.06 bits per heavy atom. The molecule has 0 bridgehead atoms. The van der Waals surface area contributed by atoms with Crippen LogP contribution in [0.1, 0.15) is 37.0 Å². The summed E-state index contributed by atoms with van der Waals surface area (Å²) in [6, 6.07) is 5.17. The van der Waals surface area contributed by atoms with E-state index >= 15 is 0 Å². The fraction of sp³-hybridized carbons (Fsp3) is 0.462. The van der Waals surface area contributed by atoms with Crippen molar-refractivity contribution in [2.45, 2.75) is 33.1 Å². The molecule has 0 aliphatic rings. The van der Waals surface area contributed by atoms with Crippen molar-refractivity contribution in [1.82, 2.24) is 0 Å². The van der Waals surface area contributed by atoms with Crippen LogP contribution in [0.3, 0.4) is 0 Å². The van der Waals surface area contributed by atoms with Gasteiger partial charge < -0.3 is 4.74 Å². The zero-order chi connectivity index (χ0) is 13.8. The van der Waals surface area contributed by atoms with Gasteiger partial charge >= 0.3 is 6.36 Å². The first-order chi connectivity index (χ1) is 8.31. The molecule has 0 amide bonds. The zero-order valence-electron chi connectivity index (χ0n) is 10.3. The maximum absolute atomic E-state index is 12.0. The number of alkyl halides is 3. The van der Waals surface area contributed by atoms with Crippen molar-refractivity contribution in [2.75, 3.05) is 0 Å². The molecule has 0 fully saturated rings. The summed E-state index contributed by atoms with van der Waals surface area (Å²) in [4.78, 5) is 11.8. The van der Waals surface area contributed by atoms with Crippen molar-refractivity contribution in [3.05, 3.63) is 29.8 Å². The number of ketones is 1. The van der Waals surface area contributed by atoms with Gasteiger partial charge in [0.15, 0.2) is 5.78 Å². The molecule has 1 atom stereocenters. The molecule has 0 N–H and O–H groups in total. The molecule has 18 heavy (non-hydrogen) atoms. The van der Waals surface area contributed by atoms with Gasteiger partial charge in [-0.3, -0.25) is 4.79 Å². The minimum Gasteiger partial charge on any atom is -0.406 e. The monoisotopic (exact) mass is 260 g/mol. The Bertz CT molecular complexity index is 413. The standard InChI is InChI=1S/C13H15F3O2/c1-3-9(2)7-12(17)10-5-4-6-11(8-10)18-13(14,15)16/h4-6,8-9H,3,7H2,1-2H3. The smallest absolute Gasteiger partial charge is 0.406 e. The summed E-state index contributed by atoms with van der Waals surface area (Å²) in [6.07, 6.45) is -3.56. The molecule has 5 heteroatoms. The molecule has 0 saturated heterocycles. The topological polar surface area (TPSA) is 26.3 Å². The Morgan fingerprint density at radius 3 is 2.61 bits per heavy atom. The Balaban J connectivity index is 2.79. The predicted octanol–water partition coefficient (Wildman–Crippen LogP) is 4.20. The summed E-state index contributed by atoms with van der Waals surface area (Å²) in [5, 5.41) is 0. The Kier molecular flexibility index (Phi) is 4.76. The molecule has 0 spiro atoms. The first kappa shape index (κ1) is 14.5. The molecule has 1 aromatic rings. The summed E-state index contributed by atoms with van der Waals surface area (Å²) < 4.78 is 39.9. The van der Waals surface area contributed by atoms with Gasteiger partial charge in [-0.05, 0) is 18.1 Å². The molecule has 100 valence electrons. The lowest BCUT2D eigenvalue weighted by molar-refractivity contribution is -0.274. The van der Waals surface area contributed by atoms with Crippen LogP contribution in [-0.2, 0) is 0 Å². The van der Waals surface area contributed by atoms with E-state index in [0.29, 0.717) is 6.42 Å². The third-order valence-electron chi connectivity index (χ3n) is 2.62. The number of hydrogen-bond donors (Lipinski definition) is 0. The quantitative estimate of drug-likeness (QED) is 0.741. The van der Waals surface area contributed by atoms with E-state index in [1.54, 1.807) is 0 Å². The molecular formula is C13H15F3O2. The van der Waals surface area contributed by atoms with Crippen molar-refractivity contribution in [1.29, 1.82) is 0 Å². The van der Waals surface area contributed by atoms with Gasteiger partial charge in [0, 0.05) is 12.0 Å². The molecule has 0 heterocycles. The van der Waals surface area contributed by atoms with Gasteiger partial charge in [0.2, 0.25) is 0 Å². The average molecular weight is 260 g/mol. The predicted molar refractivity (Wildman–Crippen MR) is 61.5 cm³/mol. The molecule has 1 unspecified atom stereocenters. The highest BCUT2D eigenvalue weighted by molar-refractivity contribution is 5.96. The summed E-state index contributed by atoms with van der Waals surface area (Å²) in [7, 11) is 0. The van der Waals surface area contributed by atoms with Crippen LogP contribution in [0.4, 0.5) is 13.2 Å². The number of hydrogen-bond acceptors (Lipinski definition) is 2. The molecular weight excluding hydrogens is 245 g/mol. The van der Waals surface area contributed by atoms with E-state index in [2.05, 4.69) is 4.74 Å². The lowest BCUT2D eigenvalue weighted by atomic mass is 9.98. The minimum absolute atomic E-state index is 0.169. The summed E-state index contributed by atoms with van der Waals surface area (Å²) in [5.74, 6) is -0.320. The normalized spacial score (nSPS) is 13.2. The maximum atomic E-state index is 12.0. The number of rotatable bonds is 5. The first-order valence-electron chi connectivity index (χ1n) is 5.71. The van der Waals surface area contributed by atoms with E-state index in [1.807, 2.05) is 13.8 Å². The second kappa shape index (κ2) is 5.89. The number of carbonyl (C=O) groups excluding carboxylic acids is 1. The van der Waals surface area contributed by atoms with E-state index in [9.17, 15) is 18.0 Å². The highest BCUT2D eigenvalue weighted by Gasteiger charge is 2.31. The van der Waals surface area contributed by atoms with E-state index in [4.69, 9.17) is 0 Å². The number of carbonyl (C=O) groups is 1.